The van der Waals surface area contributed by atoms with Crippen molar-refractivity contribution in [2.24, 2.45) is 17.8 Å². The molecule has 3 amide bonds. The van der Waals surface area contributed by atoms with Gasteiger partial charge in [0.05, 0.1) is 19.3 Å². The summed E-state index contributed by atoms with van der Waals surface area (Å²) in [6.45, 7) is 14.0. The number of nitrogens with one attached hydrogen (secondary N) is 1. The van der Waals surface area contributed by atoms with E-state index in [1.807, 2.05) is 72.8 Å². The van der Waals surface area contributed by atoms with Crippen LogP contribution >= 0.6 is 0 Å². The van der Waals surface area contributed by atoms with Crippen LogP contribution in [0.3, 0.4) is 0 Å². The molecule has 4 atom stereocenters. The van der Waals surface area contributed by atoms with Crippen molar-refractivity contribution in [3.8, 4) is 5.88 Å². The number of carbonyl (C=O) groups excluding carboxylic acids is 3. The molecule has 14 heteroatoms. The smallest absolute Gasteiger partial charge is 0.410 e. The number of nitrogens with zero attached hydrogens (tertiary/aromatic N) is 6. The molecule has 292 valence electrons. The summed E-state index contributed by atoms with van der Waals surface area (Å²) in [5.41, 5.74) is 2.16. The van der Waals surface area contributed by atoms with E-state index in [-0.39, 0.29) is 43.0 Å². The Balaban J connectivity index is 0.959. The summed E-state index contributed by atoms with van der Waals surface area (Å²) in [6, 6.07) is 11.6. The van der Waals surface area contributed by atoms with E-state index in [0.717, 1.165) is 54.8 Å². The standard InChI is InChI=1S/C40H55N7O7/c1-26(2)32-20-42-47-34(18-35(43-36(32)47)52-30-12-9-16-44(23-30)37(48)51-25-27-10-7-6-8-11-27)41-19-33-28-13-14-29(33)22-46(21-28)38(49)53-31-15-17-45(24-31)39(50)54-40(3,4)5/h6-8,10-11,18,20,26,28-31,33,41H,9,12-17,19,21-25H2,1-5H3/t28?,29?,30-,31?,33?/m0/s1. The number of piperidine rings is 2. The third-order valence-electron chi connectivity index (χ3n) is 11.1. The highest BCUT2D eigenvalue weighted by Gasteiger charge is 2.44. The molecule has 3 aliphatic heterocycles. The van der Waals surface area contributed by atoms with Crippen LogP contribution in [-0.2, 0) is 20.8 Å². The summed E-state index contributed by atoms with van der Waals surface area (Å²) in [6.07, 6.45) is 4.65. The Labute approximate surface area is 317 Å². The maximum absolute atomic E-state index is 13.3. The highest BCUT2D eigenvalue weighted by atomic mass is 16.6. The normalized spacial score (nSPS) is 24.2. The lowest BCUT2D eigenvalue weighted by molar-refractivity contribution is 0.0210. The molecule has 0 spiro atoms. The third-order valence-corrected chi connectivity index (χ3v) is 11.1. The molecule has 5 heterocycles. The fourth-order valence-corrected chi connectivity index (χ4v) is 8.31. The van der Waals surface area contributed by atoms with E-state index in [4.69, 9.17) is 29.0 Å². The lowest BCUT2D eigenvalue weighted by Gasteiger charge is -2.38. The summed E-state index contributed by atoms with van der Waals surface area (Å²) >= 11 is 0. The molecule has 14 nitrogen and oxygen atoms in total. The largest absolute Gasteiger partial charge is 0.472 e. The Bertz CT molecular complexity index is 1780. The van der Waals surface area contributed by atoms with Crippen molar-refractivity contribution in [1.82, 2.24) is 29.3 Å². The Morgan fingerprint density at radius 3 is 2.31 bits per heavy atom. The lowest BCUT2D eigenvalue weighted by Crippen LogP contribution is -2.48. The van der Waals surface area contributed by atoms with E-state index in [2.05, 4.69) is 19.2 Å². The first kappa shape index (κ1) is 37.6. The fraction of sp³-hybridized carbons (Fsp3) is 0.625. The van der Waals surface area contributed by atoms with Gasteiger partial charge in [-0.1, -0.05) is 44.2 Å². The van der Waals surface area contributed by atoms with Gasteiger partial charge in [-0.05, 0) is 75.7 Å². The first-order valence-electron chi connectivity index (χ1n) is 19.6. The number of benzene rings is 1. The first-order valence-corrected chi connectivity index (χ1v) is 19.6. The second kappa shape index (κ2) is 15.9. The van der Waals surface area contributed by atoms with Gasteiger partial charge in [0, 0.05) is 50.8 Å². The van der Waals surface area contributed by atoms with Gasteiger partial charge in [-0.25, -0.2) is 14.4 Å². The monoisotopic (exact) mass is 745 g/mol. The summed E-state index contributed by atoms with van der Waals surface area (Å²) < 4.78 is 25.4. The Morgan fingerprint density at radius 2 is 1.59 bits per heavy atom. The highest BCUT2D eigenvalue weighted by molar-refractivity contribution is 5.70. The minimum absolute atomic E-state index is 0.215. The number of hydrogen-bond donors (Lipinski definition) is 1. The molecule has 54 heavy (non-hydrogen) atoms. The molecule has 2 aromatic heterocycles. The zero-order valence-electron chi connectivity index (χ0n) is 32.2. The van der Waals surface area contributed by atoms with Gasteiger partial charge in [0.1, 0.15) is 30.2 Å². The van der Waals surface area contributed by atoms with Gasteiger partial charge in [-0.3, -0.25) is 0 Å². The van der Waals surface area contributed by atoms with Crippen molar-refractivity contribution in [1.29, 1.82) is 0 Å². The molecule has 3 aromatic rings. The Morgan fingerprint density at radius 1 is 0.870 bits per heavy atom. The summed E-state index contributed by atoms with van der Waals surface area (Å²) in [7, 11) is 0. The van der Waals surface area contributed by atoms with E-state index in [1.54, 1.807) is 9.80 Å². The summed E-state index contributed by atoms with van der Waals surface area (Å²) in [4.78, 5) is 48.9. The van der Waals surface area contributed by atoms with Crippen LogP contribution in [-0.4, -0.2) is 111 Å². The van der Waals surface area contributed by atoms with Crippen LogP contribution in [0.2, 0.25) is 0 Å². The van der Waals surface area contributed by atoms with Gasteiger partial charge in [0.15, 0.2) is 5.65 Å². The second-order valence-electron chi connectivity index (χ2n) is 16.6. The maximum Gasteiger partial charge on any atom is 0.410 e. The van der Waals surface area contributed by atoms with Crippen molar-refractivity contribution in [3.63, 3.8) is 0 Å². The van der Waals surface area contributed by atoms with Crippen LogP contribution in [0.5, 0.6) is 5.88 Å². The van der Waals surface area contributed by atoms with Gasteiger partial charge in [0.2, 0.25) is 5.88 Å². The Kier molecular flexibility index (Phi) is 11.1. The van der Waals surface area contributed by atoms with Crippen LogP contribution < -0.4 is 10.1 Å². The number of carbonyl (C=O) groups is 3. The van der Waals surface area contributed by atoms with Crippen LogP contribution in [0.25, 0.3) is 5.65 Å². The van der Waals surface area contributed by atoms with Gasteiger partial charge < -0.3 is 39.0 Å². The van der Waals surface area contributed by atoms with E-state index in [9.17, 15) is 14.4 Å². The lowest BCUT2D eigenvalue weighted by atomic mass is 9.85. The molecule has 0 radical (unpaired) electrons. The summed E-state index contributed by atoms with van der Waals surface area (Å²) in [5.74, 6) is 2.58. The predicted molar refractivity (Wildman–Crippen MR) is 201 cm³/mol. The number of rotatable bonds is 9. The number of fused-ring (bicyclic) bond motifs is 3. The molecule has 1 aliphatic carbocycles. The molecular weight excluding hydrogens is 690 g/mol. The van der Waals surface area contributed by atoms with Crippen LogP contribution in [0.15, 0.2) is 42.6 Å². The number of ether oxygens (including phenoxy) is 4. The number of amides is 3. The average molecular weight is 746 g/mol. The topological polar surface area (TPSA) is 140 Å². The first-order chi connectivity index (χ1) is 25.9. The molecule has 2 bridgehead atoms. The fourth-order valence-electron chi connectivity index (χ4n) is 8.31. The Hall–Kier alpha value is -4.75. The second-order valence-corrected chi connectivity index (χ2v) is 16.6. The highest BCUT2D eigenvalue weighted by Crippen LogP contribution is 2.42. The molecule has 1 aromatic carbocycles. The number of aromatic nitrogens is 3. The molecular formula is C40H55N7O7. The quantitative estimate of drug-likeness (QED) is 0.240. The molecule has 7 rings (SSSR count). The van der Waals surface area contributed by atoms with Crippen molar-refractivity contribution in [2.45, 2.75) is 97.1 Å². The van der Waals surface area contributed by atoms with E-state index in [0.29, 0.717) is 69.3 Å². The van der Waals surface area contributed by atoms with Crippen molar-refractivity contribution in [2.75, 3.05) is 51.1 Å². The third kappa shape index (κ3) is 8.79. The number of hydrogen-bond acceptors (Lipinski definition) is 10. The molecule has 4 fully saturated rings. The number of likely N-dealkylation sites (tertiary alicyclic amines) is 3. The molecule has 4 aliphatic rings. The average Bonchev–Trinajstić information content (AvgIpc) is 3.85. The minimum Gasteiger partial charge on any atom is -0.472 e. The zero-order chi connectivity index (χ0) is 38.0. The zero-order valence-corrected chi connectivity index (χ0v) is 32.2. The predicted octanol–water partition coefficient (Wildman–Crippen LogP) is 6.55. The van der Waals surface area contributed by atoms with Crippen molar-refractivity contribution >= 4 is 29.7 Å². The minimum atomic E-state index is -0.571. The van der Waals surface area contributed by atoms with Crippen molar-refractivity contribution in [3.05, 3.63) is 53.7 Å². The van der Waals surface area contributed by atoms with Gasteiger partial charge in [-0.15, -0.1) is 0 Å². The molecule has 1 N–H and O–H groups in total. The molecule has 3 unspecified atom stereocenters. The van der Waals surface area contributed by atoms with Gasteiger partial charge in [-0.2, -0.15) is 14.6 Å². The van der Waals surface area contributed by atoms with E-state index in [1.165, 1.54) is 0 Å². The summed E-state index contributed by atoms with van der Waals surface area (Å²) in [5, 5.41) is 8.40. The van der Waals surface area contributed by atoms with E-state index < -0.39 is 5.60 Å². The van der Waals surface area contributed by atoms with Crippen LogP contribution in [0, 0.1) is 17.8 Å². The molecule has 1 saturated carbocycles. The van der Waals surface area contributed by atoms with E-state index >= 15 is 0 Å². The molecule has 3 saturated heterocycles. The van der Waals surface area contributed by atoms with Crippen LogP contribution in [0.4, 0.5) is 20.2 Å². The van der Waals surface area contributed by atoms with Gasteiger partial charge in [0.25, 0.3) is 0 Å². The maximum atomic E-state index is 13.3. The number of anilines is 1. The van der Waals surface area contributed by atoms with Gasteiger partial charge >= 0.3 is 18.3 Å². The van der Waals surface area contributed by atoms with Crippen LogP contribution in [0.1, 0.15) is 83.8 Å². The van der Waals surface area contributed by atoms with Crippen molar-refractivity contribution < 1.29 is 33.3 Å². The SMILES string of the molecule is CC(C)c1cnn2c(NCC3C4CCC3CN(C(=O)OC3CCN(C(=O)OC(C)(C)C)C3)C4)cc(O[C@H]3CCCN(C(=O)OCc4ccccc4)C3)nc12.